The number of pyridine rings is 1. The summed E-state index contributed by atoms with van der Waals surface area (Å²) in [6.07, 6.45) is 0.834. The van der Waals surface area contributed by atoms with Crippen LogP contribution in [0.3, 0.4) is 0 Å². The lowest BCUT2D eigenvalue weighted by Crippen LogP contribution is -2.22. The second-order valence-electron chi connectivity index (χ2n) is 6.45. The number of methoxy groups -OCH3 is 1. The van der Waals surface area contributed by atoms with Crippen LogP contribution < -0.4 is 20.3 Å². The summed E-state index contributed by atoms with van der Waals surface area (Å²) < 4.78 is 35.6. The molecule has 0 spiro atoms. The molecule has 158 valence electrons. The van der Waals surface area contributed by atoms with Crippen LogP contribution in [0, 0.1) is 5.82 Å². The number of nitrogens with one attached hydrogen (secondary N) is 2. The molecule has 0 saturated heterocycles. The highest BCUT2D eigenvalue weighted by Crippen LogP contribution is 2.35. The molecule has 1 atom stereocenters. The Morgan fingerprint density at radius 2 is 1.87 bits per heavy atom. The third-order valence-electron chi connectivity index (χ3n) is 4.54. The van der Waals surface area contributed by atoms with Gasteiger partial charge >= 0.3 is 0 Å². The summed E-state index contributed by atoms with van der Waals surface area (Å²) in [5.74, 6) is 0.0984. The molecule has 0 saturated carbocycles. The molecule has 0 aliphatic heterocycles. The van der Waals surface area contributed by atoms with Gasteiger partial charge in [-0.1, -0.05) is 24.6 Å². The first kappa shape index (κ1) is 21.9. The first-order valence-corrected chi connectivity index (χ1v) is 10.6. The fourth-order valence-corrected chi connectivity index (χ4v) is 3.93. The van der Waals surface area contributed by atoms with Gasteiger partial charge in [-0.05, 0) is 48.4 Å². The minimum atomic E-state index is -1.73. The molecule has 3 rings (SSSR count). The maximum Gasteiger partial charge on any atom is 0.255 e. The standard InChI is InChI=1S/C21H21ClFN3O3S/c1-4-13-5-10-17(16(22)11-13)24-21-20(18(29-3)12-19(27)26(21)2)25-30(28)15-8-6-14(23)7-9-15/h5-12,24-25H,4H2,1-3H3. The summed E-state index contributed by atoms with van der Waals surface area (Å²) >= 11 is 6.40. The minimum Gasteiger partial charge on any atom is -0.494 e. The molecule has 9 heteroatoms. The second-order valence-corrected chi connectivity index (χ2v) is 8.07. The third-order valence-corrected chi connectivity index (χ3v) is 5.94. The zero-order valence-electron chi connectivity index (χ0n) is 16.7. The van der Waals surface area contributed by atoms with Crippen LogP contribution in [0.2, 0.25) is 5.02 Å². The van der Waals surface area contributed by atoms with Crippen molar-refractivity contribution in [3.8, 4) is 5.75 Å². The van der Waals surface area contributed by atoms with Gasteiger partial charge in [0.15, 0.2) is 5.75 Å². The van der Waals surface area contributed by atoms with Crippen molar-refractivity contribution in [2.24, 2.45) is 7.05 Å². The van der Waals surface area contributed by atoms with E-state index in [0.717, 1.165) is 12.0 Å². The fourth-order valence-electron chi connectivity index (χ4n) is 2.80. The highest BCUT2D eigenvalue weighted by molar-refractivity contribution is 7.86. The summed E-state index contributed by atoms with van der Waals surface area (Å²) in [6.45, 7) is 2.03. The van der Waals surface area contributed by atoms with Gasteiger partial charge in [0.25, 0.3) is 5.56 Å². The second kappa shape index (κ2) is 9.32. The zero-order valence-corrected chi connectivity index (χ0v) is 18.2. The van der Waals surface area contributed by atoms with Gasteiger partial charge in [-0.2, -0.15) is 0 Å². The summed E-state index contributed by atoms with van der Waals surface area (Å²) in [4.78, 5) is 12.8. The van der Waals surface area contributed by atoms with Crippen molar-refractivity contribution in [2.45, 2.75) is 18.2 Å². The van der Waals surface area contributed by atoms with E-state index in [2.05, 4.69) is 10.0 Å². The summed E-state index contributed by atoms with van der Waals surface area (Å²) in [7, 11) is 1.25. The Morgan fingerprint density at radius 1 is 1.17 bits per heavy atom. The van der Waals surface area contributed by atoms with E-state index in [4.69, 9.17) is 16.3 Å². The Balaban J connectivity index is 2.05. The molecule has 0 aliphatic carbocycles. The van der Waals surface area contributed by atoms with Crippen LogP contribution in [-0.2, 0) is 24.5 Å². The van der Waals surface area contributed by atoms with E-state index in [1.165, 1.54) is 42.0 Å². The van der Waals surface area contributed by atoms with Crippen molar-refractivity contribution >= 4 is 39.8 Å². The lowest BCUT2D eigenvalue weighted by Gasteiger charge is -2.20. The van der Waals surface area contributed by atoms with E-state index in [0.29, 0.717) is 27.1 Å². The van der Waals surface area contributed by atoms with Crippen LogP contribution in [0.15, 0.2) is 58.2 Å². The predicted octanol–water partition coefficient (Wildman–Crippen LogP) is 4.63. The number of hydrogen-bond acceptors (Lipinski definition) is 4. The average Bonchev–Trinajstić information content (AvgIpc) is 2.74. The van der Waals surface area contributed by atoms with Gasteiger partial charge in [0.1, 0.15) is 28.3 Å². The molecule has 0 radical (unpaired) electrons. The first-order valence-electron chi connectivity index (χ1n) is 9.11. The maximum atomic E-state index is 13.2. The van der Waals surface area contributed by atoms with Gasteiger partial charge in [0, 0.05) is 13.1 Å². The topological polar surface area (TPSA) is 72.4 Å². The fraction of sp³-hybridized carbons (Fsp3) is 0.190. The lowest BCUT2D eigenvalue weighted by atomic mass is 10.1. The zero-order chi connectivity index (χ0) is 21.8. The Morgan fingerprint density at radius 3 is 2.47 bits per heavy atom. The van der Waals surface area contributed by atoms with Gasteiger partial charge in [0.2, 0.25) is 0 Å². The number of ether oxygens (including phenoxy) is 1. The smallest absolute Gasteiger partial charge is 0.255 e. The van der Waals surface area contributed by atoms with Crippen molar-refractivity contribution in [1.29, 1.82) is 0 Å². The van der Waals surface area contributed by atoms with E-state index >= 15 is 0 Å². The number of benzene rings is 2. The number of anilines is 3. The van der Waals surface area contributed by atoms with Crippen molar-refractivity contribution in [3.63, 3.8) is 0 Å². The third kappa shape index (κ3) is 4.66. The van der Waals surface area contributed by atoms with Crippen LogP contribution in [0.5, 0.6) is 5.75 Å². The van der Waals surface area contributed by atoms with Gasteiger partial charge < -0.3 is 10.1 Å². The largest absolute Gasteiger partial charge is 0.494 e. The number of rotatable bonds is 7. The van der Waals surface area contributed by atoms with Gasteiger partial charge in [-0.25, -0.2) is 8.60 Å². The summed E-state index contributed by atoms with van der Waals surface area (Å²) in [5, 5.41) is 3.62. The number of aryl methyl sites for hydroxylation is 1. The lowest BCUT2D eigenvalue weighted by molar-refractivity contribution is 0.415. The molecule has 1 unspecified atom stereocenters. The number of nitrogens with zero attached hydrogens (tertiary/aromatic N) is 1. The molecule has 0 fully saturated rings. The van der Waals surface area contributed by atoms with Crippen LogP contribution >= 0.6 is 11.6 Å². The van der Waals surface area contributed by atoms with Gasteiger partial charge in [-0.3, -0.25) is 14.1 Å². The van der Waals surface area contributed by atoms with E-state index in [9.17, 15) is 13.4 Å². The predicted molar refractivity (Wildman–Crippen MR) is 119 cm³/mol. The monoisotopic (exact) mass is 449 g/mol. The van der Waals surface area contributed by atoms with Crippen molar-refractivity contribution in [2.75, 3.05) is 17.1 Å². The highest BCUT2D eigenvalue weighted by Gasteiger charge is 2.19. The van der Waals surface area contributed by atoms with Crippen molar-refractivity contribution < 1.29 is 13.3 Å². The molecule has 0 amide bonds. The summed E-state index contributed by atoms with van der Waals surface area (Å²) in [6, 6.07) is 12.1. The van der Waals surface area contributed by atoms with E-state index in [1.54, 1.807) is 7.05 Å². The number of halogens is 2. The van der Waals surface area contributed by atoms with Gasteiger partial charge in [-0.15, -0.1) is 0 Å². The first-order chi connectivity index (χ1) is 14.3. The number of hydrogen-bond donors (Lipinski definition) is 2. The maximum absolute atomic E-state index is 13.2. The van der Waals surface area contributed by atoms with Crippen LogP contribution in [0.25, 0.3) is 0 Å². The molecule has 6 nitrogen and oxygen atoms in total. The molecule has 1 aromatic heterocycles. The molecule has 2 N–H and O–H groups in total. The van der Waals surface area contributed by atoms with Crippen molar-refractivity contribution in [1.82, 2.24) is 4.57 Å². The molecule has 0 aliphatic rings. The minimum absolute atomic E-state index is 0.206. The number of aromatic nitrogens is 1. The van der Waals surface area contributed by atoms with E-state index in [1.807, 2.05) is 25.1 Å². The Hall–Kier alpha value is -2.84. The Kier molecular flexibility index (Phi) is 6.79. The molecule has 3 aromatic rings. The Bertz CT molecular complexity index is 1150. The highest BCUT2D eigenvalue weighted by atomic mass is 35.5. The van der Waals surface area contributed by atoms with E-state index < -0.39 is 16.8 Å². The van der Waals surface area contributed by atoms with Crippen LogP contribution in [0.1, 0.15) is 12.5 Å². The molecule has 1 heterocycles. The van der Waals surface area contributed by atoms with Gasteiger partial charge in [0.05, 0.1) is 22.7 Å². The molecular formula is C21H21ClFN3O3S. The Labute approximate surface area is 181 Å². The molecular weight excluding hydrogens is 429 g/mol. The SMILES string of the molecule is CCc1ccc(Nc2c(NS(=O)c3ccc(F)cc3)c(OC)cc(=O)n2C)c(Cl)c1. The average molecular weight is 450 g/mol. The summed E-state index contributed by atoms with van der Waals surface area (Å²) in [5.41, 5.74) is 1.63. The van der Waals surface area contributed by atoms with E-state index in [-0.39, 0.29) is 11.3 Å². The van der Waals surface area contributed by atoms with Crippen LogP contribution in [0.4, 0.5) is 21.6 Å². The molecule has 0 bridgehead atoms. The van der Waals surface area contributed by atoms with Crippen molar-refractivity contribution in [3.05, 3.63) is 75.3 Å². The normalized spacial score (nSPS) is 11.8. The molecule has 2 aromatic carbocycles. The molecule has 30 heavy (non-hydrogen) atoms. The quantitative estimate of drug-likeness (QED) is 0.551. The van der Waals surface area contributed by atoms with Crippen LogP contribution in [-0.4, -0.2) is 15.9 Å².